The average molecular weight is 329 g/mol. The van der Waals surface area contributed by atoms with Crippen LogP contribution in [0.15, 0.2) is 59.1 Å². The van der Waals surface area contributed by atoms with E-state index in [1.165, 1.54) is 10.0 Å². The van der Waals surface area contributed by atoms with E-state index in [9.17, 15) is 0 Å². The van der Waals surface area contributed by atoms with Crippen LogP contribution in [-0.2, 0) is 6.04 Å². The van der Waals surface area contributed by atoms with Crippen molar-refractivity contribution in [3.05, 3.63) is 70.2 Å². The Labute approximate surface area is 125 Å². The normalized spacial score (nSPS) is 10.7. The summed E-state index contributed by atoms with van der Waals surface area (Å²) in [5, 5.41) is 0. The van der Waals surface area contributed by atoms with Crippen LogP contribution in [0.2, 0.25) is 13.1 Å². The maximum atomic E-state index is 3.62. The number of benzene rings is 2. The van der Waals surface area contributed by atoms with Gasteiger partial charge in [-0.15, -0.1) is 5.54 Å². The molecule has 0 aliphatic rings. The Bertz CT molecular complexity index is 606. The zero-order valence-electron chi connectivity index (χ0n) is 11.3. The molecule has 0 aliphatic heterocycles. The Balaban J connectivity index is 2.16. The quantitative estimate of drug-likeness (QED) is 0.547. The molecule has 0 spiro atoms. The molecule has 0 saturated heterocycles. The Morgan fingerprint density at radius 2 is 1.58 bits per heavy atom. The number of hydrogen-bond acceptors (Lipinski definition) is 0. The van der Waals surface area contributed by atoms with Gasteiger partial charge in [0.25, 0.3) is 0 Å². The SMILES string of the molecule is C[Si](C)(C#Cc1ccccc1)Cc1ccccc1Br. The first-order valence-electron chi connectivity index (χ1n) is 6.38. The lowest BCUT2D eigenvalue weighted by Crippen LogP contribution is -2.27. The minimum atomic E-state index is -1.55. The standard InChI is InChI=1S/C17H17BrSi/c1-19(2,13-12-15-8-4-3-5-9-15)14-16-10-6-7-11-17(16)18/h3-11H,14H2,1-2H3. The maximum Gasteiger partial charge on any atom is 0.137 e. The molecule has 0 bridgehead atoms. The van der Waals surface area contributed by atoms with Crippen molar-refractivity contribution in [3.63, 3.8) is 0 Å². The summed E-state index contributed by atoms with van der Waals surface area (Å²) < 4.78 is 1.19. The second kappa shape index (κ2) is 6.23. The van der Waals surface area contributed by atoms with Crippen LogP contribution in [0.3, 0.4) is 0 Å². The van der Waals surface area contributed by atoms with E-state index in [-0.39, 0.29) is 0 Å². The molecular formula is C17H17BrSi. The van der Waals surface area contributed by atoms with Crippen molar-refractivity contribution in [1.29, 1.82) is 0 Å². The van der Waals surface area contributed by atoms with Gasteiger partial charge < -0.3 is 0 Å². The Hall–Kier alpha value is -1.30. The molecule has 19 heavy (non-hydrogen) atoms. The van der Waals surface area contributed by atoms with Gasteiger partial charge in [-0.3, -0.25) is 0 Å². The van der Waals surface area contributed by atoms with Gasteiger partial charge in [0, 0.05) is 10.0 Å². The Morgan fingerprint density at radius 3 is 2.26 bits per heavy atom. The molecule has 2 heteroatoms. The van der Waals surface area contributed by atoms with Crippen molar-refractivity contribution >= 4 is 24.0 Å². The highest BCUT2D eigenvalue weighted by molar-refractivity contribution is 9.10. The van der Waals surface area contributed by atoms with Crippen LogP contribution in [0.4, 0.5) is 0 Å². The monoisotopic (exact) mass is 328 g/mol. The van der Waals surface area contributed by atoms with E-state index >= 15 is 0 Å². The molecule has 0 saturated carbocycles. The fraction of sp³-hybridized carbons (Fsp3) is 0.176. The molecule has 0 N–H and O–H groups in total. The van der Waals surface area contributed by atoms with E-state index < -0.39 is 8.07 Å². The van der Waals surface area contributed by atoms with E-state index in [2.05, 4.69) is 76.9 Å². The summed E-state index contributed by atoms with van der Waals surface area (Å²) in [6, 6.07) is 19.7. The fourth-order valence-electron chi connectivity index (χ4n) is 1.92. The summed E-state index contributed by atoms with van der Waals surface area (Å²) in [6.07, 6.45) is 0. The van der Waals surface area contributed by atoms with Gasteiger partial charge in [0.1, 0.15) is 8.07 Å². The van der Waals surface area contributed by atoms with Crippen molar-refractivity contribution in [2.24, 2.45) is 0 Å². The summed E-state index contributed by atoms with van der Waals surface area (Å²) in [5.41, 5.74) is 5.99. The lowest BCUT2D eigenvalue weighted by molar-refractivity contribution is 1.31. The van der Waals surface area contributed by atoms with Gasteiger partial charge in [-0.2, -0.15) is 0 Å². The minimum absolute atomic E-state index is 1.08. The van der Waals surface area contributed by atoms with Crippen LogP contribution in [0.5, 0.6) is 0 Å². The third-order valence-electron chi connectivity index (χ3n) is 2.91. The molecule has 0 unspecified atom stereocenters. The van der Waals surface area contributed by atoms with Gasteiger partial charge in [0.15, 0.2) is 0 Å². The van der Waals surface area contributed by atoms with Crippen LogP contribution in [0.1, 0.15) is 11.1 Å². The number of hydrogen-bond donors (Lipinski definition) is 0. The van der Waals surface area contributed by atoms with E-state index in [4.69, 9.17) is 0 Å². The molecule has 0 aromatic heterocycles. The van der Waals surface area contributed by atoms with Gasteiger partial charge in [-0.1, -0.05) is 71.3 Å². The van der Waals surface area contributed by atoms with Crippen LogP contribution in [0, 0.1) is 11.5 Å². The molecule has 0 fully saturated rings. The average Bonchev–Trinajstić information content (AvgIpc) is 2.40. The molecule has 2 aromatic rings. The number of rotatable bonds is 2. The lowest BCUT2D eigenvalue weighted by Gasteiger charge is -2.15. The minimum Gasteiger partial charge on any atom is -0.126 e. The summed E-state index contributed by atoms with van der Waals surface area (Å²) >= 11 is 3.62. The first-order valence-corrected chi connectivity index (χ1v) is 10.4. The van der Waals surface area contributed by atoms with Gasteiger partial charge >= 0.3 is 0 Å². The fourth-order valence-corrected chi connectivity index (χ4v) is 4.44. The second-order valence-corrected chi connectivity index (χ2v) is 10.5. The van der Waals surface area contributed by atoms with Crippen LogP contribution >= 0.6 is 15.9 Å². The molecule has 2 aromatic carbocycles. The van der Waals surface area contributed by atoms with Gasteiger partial charge in [-0.05, 0) is 29.8 Å². The Morgan fingerprint density at radius 1 is 0.947 bits per heavy atom. The first kappa shape index (κ1) is 14.1. The van der Waals surface area contributed by atoms with Crippen LogP contribution in [0.25, 0.3) is 0 Å². The zero-order chi connectivity index (χ0) is 13.7. The second-order valence-electron chi connectivity index (χ2n) is 5.27. The third kappa shape index (κ3) is 4.38. The Kier molecular flexibility index (Phi) is 4.63. The highest BCUT2D eigenvalue weighted by Crippen LogP contribution is 2.20. The summed E-state index contributed by atoms with van der Waals surface area (Å²) in [7, 11) is -1.55. The molecule has 0 amide bonds. The van der Waals surface area contributed by atoms with Crippen molar-refractivity contribution in [3.8, 4) is 11.5 Å². The molecular weight excluding hydrogens is 312 g/mol. The lowest BCUT2D eigenvalue weighted by atomic mass is 10.2. The van der Waals surface area contributed by atoms with Gasteiger partial charge in [-0.25, -0.2) is 0 Å². The highest BCUT2D eigenvalue weighted by atomic mass is 79.9. The largest absolute Gasteiger partial charge is 0.137 e. The maximum absolute atomic E-state index is 3.62. The van der Waals surface area contributed by atoms with Gasteiger partial charge in [0.2, 0.25) is 0 Å². The van der Waals surface area contributed by atoms with Gasteiger partial charge in [0.05, 0.1) is 0 Å². The molecule has 96 valence electrons. The molecule has 0 atom stereocenters. The van der Waals surface area contributed by atoms with E-state index in [1.54, 1.807) is 0 Å². The van der Waals surface area contributed by atoms with E-state index in [0.29, 0.717) is 0 Å². The molecule has 0 nitrogen and oxygen atoms in total. The van der Waals surface area contributed by atoms with E-state index in [1.807, 2.05) is 18.2 Å². The summed E-state index contributed by atoms with van der Waals surface area (Å²) in [6.45, 7) is 4.64. The molecule has 2 rings (SSSR count). The van der Waals surface area contributed by atoms with Crippen LogP contribution in [-0.4, -0.2) is 8.07 Å². The van der Waals surface area contributed by atoms with Crippen molar-refractivity contribution in [1.82, 2.24) is 0 Å². The number of halogens is 1. The molecule has 0 radical (unpaired) electrons. The third-order valence-corrected chi connectivity index (χ3v) is 5.75. The van der Waals surface area contributed by atoms with Crippen molar-refractivity contribution in [2.45, 2.75) is 19.1 Å². The summed E-state index contributed by atoms with van der Waals surface area (Å²) in [5.74, 6) is 3.32. The summed E-state index contributed by atoms with van der Waals surface area (Å²) in [4.78, 5) is 0. The highest BCUT2D eigenvalue weighted by Gasteiger charge is 2.19. The van der Waals surface area contributed by atoms with E-state index in [0.717, 1.165) is 11.6 Å². The predicted molar refractivity (Wildman–Crippen MR) is 88.6 cm³/mol. The molecule has 0 aliphatic carbocycles. The van der Waals surface area contributed by atoms with Crippen molar-refractivity contribution in [2.75, 3.05) is 0 Å². The predicted octanol–water partition coefficient (Wildman–Crippen LogP) is 4.83. The van der Waals surface area contributed by atoms with Crippen LogP contribution < -0.4 is 0 Å². The topological polar surface area (TPSA) is 0 Å². The smallest absolute Gasteiger partial charge is 0.126 e. The molecule has 0 heterocycles. The van der Waals surface area contributed by atoms with Crippen molar-refractivity contribution < 1.29 is 0 Å². The zero-order valence-corrected chi connectivity index (χ0v) is 13.9. The first-order chi connectivity index (χ1) is 9.07.